The van der Waals surface area contributed by atoms with Crippen LogP contribution in [0.4, 0.5) is 11.5 Å². The van der Waals surface area contributed by atoms with E-state index >= 15 is 0 Å². The molecule has 2 aliphatic carbocycles. The van der Waals surface area contributed by atoms with Gasteiger partial charge in [0.15, 0.2) is 11.6 Å². The first-order valence-corrected chi connectivity index (χ1v) is 10.8. The van der Waals surface area contributed by atoms with E-state index in [4.69, 9.17) is 5.10 Å². The largest absolute Gasteiger partial charge is 0.338 e. The SMILES string of the molecule is CC(=O)N1CCc2c(c(Nc3cccc(C(=O)CC4CC4)c3)nn2CC2CC2)C1. The number of amides is 1. The predicted molar refractivity (Wildman–Crippen MR) is 111 cm³/mol. The van der Waals surface area contributed by atoms with Crippen LogP contribution in [0.3, 0.4) is 0 Å². The van der Waals surface area contributed by atoms with Crippen molar-refractivity contribution in [1.82, 2.24) is 14.7 Å². The number of hydrogen-bond donors (Lipinski definition) is 1. The molecule has 0 saturated heterocycles. The van der Waals surface area contributed by atoms with Crippen molar-refractivity contribution in [1.29, 1.82) is 0 Å². The molecule has 1 aromatic carbocycles. The van der Waals surface area contributed by atoms with Gasteiger partial charge in [0.25, 0.3) is 0 Å². The van der Waals surface area contributed by atoms with Crippen molar-refractivity contribution in [2.24, 2.45) is 11.8 Å². The van der Waals surface area contributed by atoms with Gasteiger partial charge < -0.3 is 10.2 Å². The summed E-state index contributed by atoms with van der Waals surface area (Å²) in [5.41, 5.74) is 4.00. The smallest absolute Gasteiger partial charge is 0.219 e. The fourth-order valence-electron chi connectivity index (χ4n) is 4.17. The second kappa shape index (κ2) is 7.32. The predicted octanol–water partition coefficient (Wildman–Crippen LogP) is 3.92. The van der Waals surface area contributed by atoms with Crippen LogP contribution < -0.4 is 5.32 Å². The minimum Gasteiger partial charge on any atom is -0.338 e. The zero-order valence-corrected chi connectivity index (χ0v) is 17.0. The normalized spacial score (nSPS) is 18.4. The van der Waals surface area contributed by atoms with Gasteiger partial charge in [-0.25, -0.2) is 0 Å². The van der Waals surface area contributed by atoms with Crippen LogP contribution in [0.25, 0.3) is 0 Å². The molecule has 1 aromatic heterocycles. The van der Waals surface area contributed by atoms with Crippen molar-refractivity contribution in [2.75, 3.05) is 11.9 Å². The number of rotatable bonds is 7. The van der Waals surface area contributed by atoms with Crippen LogP contribution in [-0.4, -0.2) is 32.9 Å². The molecule has 6 heteroatoms. The van der Waals surface area contributed by atoms with Gasteiger partial charge in [0.05, 0.1) is 6.54 Å². The fraction of sp³-hybridized carbons (Fsp3) is 0.522. The van der Waals surface area contributed by atoms with E-state index in [-0.39, 0.29) is 11.7 Å². The Hall–Kier alpha value is -2.63. The van der Waals surface area contributed by atoms with Crippen LogP contribution in [-0.2, 0) is 24.3 Å². The standard InChI is InChI=1S/C23H28N4O2/c1-15(28)26-10-9-21-20(14-26)23(25-27(21)13-17-7-8-17)24-19-4-2-3-18(12-19)22(29)11-16-5-6-16/h2-4,12,16-17H,5-11,13-14H2,1H3,(H,24,25). The molecule has 1 aliphatic heterocycles. The summed E-state index contributed by atoms with van der Waals surface area (Å²) in [4.78, 5) is 26.3. The number of Topliss-reactive ketones (excluding diaryl/α,β-unsaturated/α-hetero) is 1. The minimum absolute atomic E-state index is 0.101. The monoisotopic (exact) mass is 392 g/mol. The Morgan fingerprint density at radius 2 is 1.97 bits per heavy atom. The molecule has 152 valence electrons. The van der Waals surface area contributed by atoms with Crippen molar-refractivity contribution >= 4 is 23.2 Å². The van der Waals surface area contributed by atoms with Gasteiger partial charge in [-0.3, -0.25) is 14.3 Å². The second-order valence-corrected chi connectivity index (χ2v) is 8.87. The highest BCUT2D eigenvalue weighted by Crippen LogP contribution is 2.35. The lowest BCUT2D eigenvalue weighted by atomic mass is 10.0. The van der Waals surface area contributed by atoms with Gasteiger partial charge in [0.1, 0.15) is 0 Å². The van der Waals surface area contributed by atoms with Gasteiger partial charge in [-0.05, 0) is 49.7 Å². The van der Waals surface area contributed by atoms with Crippen molar-refractivity contribution in [3.63, 3.8) is 0 Å². The highest BCUT2D eigenvalue weighted by molar-refractivity contribution is 5.97. The number of hydrogen-bond acceptors (Lipinski definition) is 4. The number of anilines is 2. The minimum atomic E-state index is 0.101. The summed E-state index contributed by atoms with van der Waals surface area (Å²) >= 11 is 0. The van der Waals surface area contributed by atoms with Crippen LogP contribution >= 0.6 is 0 Å². The fourth-order valence-corrected chi connectivity index (χ4v) is 4.17. The van der Waals surface area contributed by atoms with Crippen LogP contribution in [0, 0.1) is 11.8 Å². The first-order valence-electron chi connectivity index (χ1n) is 10.8. The molecule has 0 bridgehead atoms. The quantitative estimate of drug-likeness (QED) is 0.725. The topological polar surface area (TPSA) is 67.2 Å². The molecule has 1 amide bonds. The third kappa shape index (κ3) is 4.07. The highest BCUT2D eigenvalue weighted by Gasteiger charge is 2.30. The molecule has 0 unspecified atom stereocenters. The van der Waals surface area contributed by atoms with E-state index in [9.17, 15) is 9.59 Å². The number of carbonyl (C=O) groups excluding carboxylic acids is 2. The Morgan fingerprint density at radius 3 is 2.69 bits per heavy atom. The third-order valence-electron chi connectivity index (χ3n) is 6.33. The number of nitrogens with zero attached hydrogens (tertiary/aromatic N) is 3. The maximum atomic E-state index is 12.5. The Morgan fingerprint density at radius 1 is 1.17 bits per heavy atom. The van der Waals surface area contributed by atoms with E-state index in [1.54, 1.807) is 6.92 Å². The average Bonchev–Trinajstić information content (AvgIpc) is 3.63. The Kier molecular flexibility index (Phi) is 4.64. The maximum absolute atomic E-state index is 12.5. The van der Waals surface area contributed by atoms with Gasteiger partial charge >= 0.3 is 0 Å². The molecule has 29 heavy (non-hydrogen) atoms. The molecule has 3 aliphatic rings. The molecule has 2 saturated carbocycles. The van der Waals surface area contributed by atoms with Crippen molar-refractivity contribution < 1.29 is 9.59 Å². The summed E-state index contributed by atoms with van der Waals surface area (Å²) in [6.45, 7) is 3.94. The van der Waals surface area contributed by atoms with E-state index < -0.39 is 0 Å². The van der Waals surface area contributed by atoms with E-state index in [0.29, 0.717) is 18.9 Å². The van der Waals surface area contributed by atoms with Gasteiger partial charge in [-0.1, -0.05) is 12.1 Å². The number of ketones is 1. The molecular formula is C23H28N4O2. The molecule has 2 fully saturated rings. The second-order valence-electron chi connectivity index (χ2n) is 8.87. The molecule has 1 N–H and O–H groups in total. The zero-order chi connectivity index (χ0) is 20.0. The van der Waals surface area contributed by atoms with Crippen molar-refractivity contribution in [3.05, 3.63) is 41.1 Å². The summed E-state index contributed by atoms with van der Waals surface area (Å²) < 4.78 is 2.15. The van der Waals surface area contributed by atoms with Crippen LogP contribution in [0.1, 0.15) is 60.6 Å². The molecular weight excluding hydrogens is 364 g/mol. The number of benzene rings is 1. The molecule has 5 rings (SSSR count). The summed E-state index contributed by atoms with van der Waals surface area (Å²) in [6, 6.07) is 7.74. The zero-order valence-electron chi connectivity index (χ0n) is 17.0. The third-order valence-corrected chi connectivity index (χ3v) is 6.33. The summed E-state index contributed by atoms with van der Waals surface area (Å²) in [7, 11) is 0. The van der Waals surface area contributed by atoms with E-state index in [2.05, 4.69) is 10.00 Å². The summed E-state index contributed by atoms with van der Waals surface area (Å²) in [5.74, 6) is 2.46. The molecule has 0 radical (unpaired) electrons. The lowest BCUT2D eigenvalue weighted by Gasteiger charge is -2.26. The van der Waals surface area contributed by atoms with Gasteiger partial charge in [0, 0.05) is 55.4 Å². The molecule has 0 atom stereocenters. The number of carbonyl (C=O) groups is 2. The van der Waals surface area contributed by atoms with Crippen molar-refractivity contribution in [2.45, 2.75) is 58.5 Å². The van der Waals surface area contributed by atoms with E-state index in [1.807, 2.05) is 29.2 Å². The first kappa shape index (κ1) is 18.4. The van der Waals surface area contributed by atoms with Crippen LogP contribution in [0.15, 0.2) is 24.3 Å². The van der Waals surface area contributed by atoms with Gasteiger partial charge in [-0.2, -0.15) is 5.10 Å². The Labute approximate surface area is 171 Å². The lowest BCUT2D eigenvalue weighted by Crippen LogP contribution is -2.34. The van der Waals surface area contributed by atoms with E-state index in [1.165, 1.54) is 31.4 Å². The Bertz CT molecular complexity index is 956. The summed E-state index contributed by atoms with van der Waals surface area (Å²) in [6.07, 6.45) is 6.42. The average molecular weight is 393 g/mol. The maximum Gasteiger partial charge on any atom is 0.219 e. The molecule has 2 heterocycles. The number of nitrogens with one attached hydrogen (secondary N) is 1. The highest BCUT2D eigenvalue weighted by atomic mass is 16.2. The van der Waals surface area contributed by atoms with Crippen LogP contribution in [0.5, 0.6) is 0 Å². The van der Waals surface area contributed by atoms with E-state index in [0.717, 1.165) is 48.1 Å². The van der Waals surface area contributed by atoms with Gasteiger partial charge in [-0.15, -0.1) is 0 Å². The van der Waals surface area contributed by atoms with Crippen molar-refractivity contribution in [3.8, 4) is 0 Å². The van der Waals surface area contributed by atoms with Crippen LogP contribution in [0.2, 0.25) is 0 Å². The first-order chi connectivity index (χ1) is 14.1. The summed E-state index contributed by atoms with van der Waals surface area (Å²) in [5, 5.41) is 8.32. The number of aromatic nitrogens is 2. The number of fused-ring (bicyclic) bond motifs is 1. The van der Waals surface area contributed by atoms with Gasteiger partial charge in [0.2, 0.25) is 5.91 Å². The molecule has 2 aromatic rings. The Balaban J connectivity index is 1.41. The molecule has 0 spiro atoms. The lowest BCUT2D eigenvalue weighted by molar-refractivity contribution is -0.129. The molecule has 6 nitrogen and oxygen atoms in total.